The van der Waals surface area contributed by atoms with Crippen molar-refractivity contribution in [2.75, 3.05) is 14.2 Å². The molecule has 5 nitrogen and oxygen atoms in total. The SMILES string of the molecule is COc1cc(OC)c(CBr)c([N+](=O)[O-])c1. The molecule has 0 saturated heterocycles. The summed E-state index contributed by atoms with van der Waals surface area (Å²) in [5.41, 5.74) is 0.492. The minimum absolute atomic E-state index is 0.0110. The Labute approximate surface area is 95.3 Å². The van der Waals surface area contributed by atoms with E-state index in [2.05, 4.69) is 15.9 Å². The van der Waals surface area contributed by atoms with Gasteiger partial charge in [0.2, 0.25) is 0 Å². The highest BCUT2D eigenvalue weighted by atomic mass is 79.9. The highest BCUT2D eigenvalue weighted by Gasteiger charge is 2.19. The molecule has 6 heteroatoms. The van der Waals surface area contributed by atoms with E-state index < -0.39 is 4.92 Å². The van der Waals surface area contributed by atoms with E-state index in [-0.39, 0.29) is 5.69 Å². The number of nitro groups is 1. The quantitative estimate of drug-likeness (QED) is 0.481. The lowest BCUT2D eigenvalue weighted by molar-refractivity contribution is -0.385. The van der Waals surface area contributed by atoms with Crippen LogP contribution in [0.4, 0.5) is 5.69 Å². The van der Waals surface area contributed by atoms with Crippen LogP contribution in [0.5, 0.6) is 11.5 Å². The molecule has 0 amide bonds. The topological polar surface area (TPSA) is 61.6 Å². The highest BCUT2D eigenvalue weighted by molar-refractivity contribution is 9.08. The summed E-state index contributed by atoms with van der Waals surface area (Å²) in [5.74, 6) is 0.848. The summed E-state index contributed by atoms with van der Waals surface area (Å²) < 4.78 is 10.0. The minimum Gasteiger partial charge on any atom is -0.496 e. The predicted octanol–water partition coefficient (Wildman–Crippen LogP) is 2.51. The Morgan fingerprint density at radius 2 is 2.07 bits per heavy atom. The summed E-state index contributed by atoms with van der Waals surface area (Å²) in [6.07, 6.45) is 0. The maximum Gasteiger partial charge on any atom is 0.280 e. The van der Waals surface area contributed by atoms with Gasteiger partial charge in [-0.3, -0.25) is 10.1 Å². The molecule has 0 saturated carbocycles. The average molecular weight is 276 g/mol. The summed E-state index contributed by atoms with van der Waals surface area (Å²) in [6, 6.07) is 2.99. The van der Waals surface area contributed by atoms with Crippen molar-refractivity contribution in [3.63, 3.8) is 0 Å². The number of hydrogen-bond acceptors (Lipinski definition) is 4. The van der Waals surface area contributed by atoms with Gasteiger partial charge in [-0.15, -0.1) is 0 Å². The second kappa shape index (κ2) is 4.97. The number of hydrogen-bond donors (Lipinski definition) is 0. The zero-order valence-electron chi connectivity index (χ0n) is 8.32. The molecule has 0 radical (unpaired) electrons. The second-order valence-corrected chi connectivity index (χ2v) is 3.28. The third-order valence-corrected chi connectivity index (χ3v) is 2.51. The molecule has 0 spiro atoms. The summed E-state index contributed by atoms with van der Waals surface area (Å²) in [7, 11) is 2.91. The van der Waals surface area contributed by atoms with Gasteiger partial charge >= 0.3 is 0 Å². The standard InChI is InChI=1S/C9H10BrNO4/c1-14-6-3-8(11(12)13)7(5-10)9(4-6)15-2/h3-4H,5H2,1-2H3. The van der Waals surface area contributed by atoms with Crippen LogP contribution in [0.1, 0.15) is 5.56 Å². The molecule has 0 atom stereocenters. The Balaban J connectivity index is 3.39. The van der Waals surface area contributed by atoms with Crippen LogP contribution in [0.3, 0.4) is 0 Å². The predicted molar refractivity (Wildman–Crippen MR) is 58.8 cm³/mol. The molecule has 0 aromatic heterocycles. The molecule has 1 rings (SSSR count). The van der Waals surface area contributed by atoms with E-state index in [1.807, 2.05) is 0 Å². The second-order valence-electron chi connectivity index (χ2n) is 2.72. The zero-order valence-corrected chi connectivity index (χ0v) is 9.91. The number of halogens is 1. The molecular formula is C9H10BrNO4. The molecular weight excluding hydrogens is 266 g/mol. The maximum atomic E-state index is 10.8. The van der Waals surface area contributed by atoms with Gasteiger partial charge in [0.25, 0.3) is 5.69 Å². The van der Waals surface area contributed by atoms with Crippen molar-refractivity contribution in [2.24, 2.45) is 0 Å². The van der Waals surface area contributed by atoms with Crippen LogP contribution in [-0.2, 0) is 5.33 Å². The van der Waals surface area contributed by atoms with E-state index >= 15 is 0 Å². The van der Waals surface area contributed by atoms with E-state index in [4.69, 9.17) is 9.47 Å². The molecule has 0 fully saturated rings. The third kappa shape index (κ3) is 2.38. The van der Waals surface area contributed by atoms with Gasteiger partial charge in [0.1, 0.15) is 11.5 Å². The van der Waals surface area contributed by atoms with Crippen molar-refractivity contribution in [2.45, 2.75) is 5.33 Å². The molecule has 0 aliphatic carbocycles. The molecule has 1 aromatic carbocycles. The van der Waals surface area contributed by atoms with Crippen LogP contribution >= 0.6 is 15.9 Å². The number of rotatable bonds is 4. The van der Waals surface area contributed by atoms with E-state index in [9.17, 15) is 10.1 Å². The van der Waals surface area contributed by atoms with Crippen LogP contribution in [0.2, 0.25) is 0 Å². The van der Waals surface area contributed by atoms with Gasteiger partial charge in [0.05, 0.1) is 30.8 Å². The smallest absolute Gasteiger partial charge is 0.280 e. The molecule has 0 N–H and O–H groups in total. The lowest BCUT2D eigenvalue weighted by Crippen LogP contribution is -1.98. The molecule has 0 unspecified atom stereocenters. The van der Waals surface area contributed by atoms with Gasteiger partial charge in [0.15, 0.2) is 0 Å². The van der Waals surface area contributed by atoms with Gasteiger partial charge in [-0.05, 0) is 0 Å². The maximum absolute atomic E-state index is 10.8. The number of ether oxygens (including phenoxy) is 2. The molecule has 0 aliphatic heterocycles. The van der Waals surface area contributed by atoms with Crippen LogP contribution in [-0.4, -0.2) is 19.1 Å². The van der Waals surface area contributed by atoms with Crippen molar-refractivity contribution < 1.29 is 14.4 Å². The number of benzene rings is 1. The lowest BCUT2D eigenvalue weighted by Gasteiger charge is -2.08. The Hall–Kier alpha value is -1.30. The van der Waals surface area contributed by atoms with Crippen LogP contribution < -0.4 is 9.47 Å². The molecule has 1 aromatic rings. The summed E-state index contributed by atoms with van der Waals surface area (Å²) >= 11 is 3.19. The van der Waals surface area contributed by atoms with Crippen LogP contribution in [0.25, 0.3) is 0 Å². The zero-order chi connectivity index (χ0) is 11.4. The summed E-state index contributed by atoms with van der Waals surface area (Å²) in [5, 5.41) is 11.1. The monoisotopic (exact) mass is 275 g/mol. The first kappa shape index (κ1) is 11.8. The van der Waals surface area contributed by atoms with E-state index in [1.54, 1.807) is 6.07 Å². The normalized spacial score (nSPS) is 9.80. The van der Waals surface area contributed by atoms with Gasteiger partial charge in [-0.25, -0.2) is 0 Å². The van der Waals surface area contributed by atoms with Crippen molar-refractivity contribution in [1.29, 1.82) is 0 Å². The highest BCUT2D eigenvalue weighted by Crippen LogP contribution is 2.35. The fourth-order valence-electron chi connectivity index (χ4n) is 1.20. The molecule has 0 bridgehead atoms. The molecule has 15 heavy (non-hydrogen) atoms. The fraction of sp³-hybridized carbons (Fsp3) is 0.333. The average Bonchev–Trinajstić information content (AvgIpc) is 2.26. The number of nitrogens with zero attached hydrogens (tertiary/aromatic N) is 1. The number of nitro benzene ring substituents is 1. The van der Waals surface area contributed by atoms with E-state index in [0.29, 0.717) is 22.4 Å². The first-order chi connectivity index (χ1) is 7.13. The van der Waals surface area contributed by atoms with E-state index in [0.717, 1.165) is 0 Å². The van der Waals surface area contributed by atoms with Crippen molar-refractivity contribution in [3.8, 4) is 11.5 Å². The third-order valence-electron chi connectivity index (χ3n) is 1.94. The van der Waals surface area contributed by atoms with E-state index in [1.165, 1.54) is 20.3 Å². The Morgan fingerprint density at radius 1 is 1.40 bits per heavy atom. The van der Waals surface area contributed by atoms with Crippen LogP contribution in [0.15, 0.2) is 12.1 Å². The Bertz CT molecular complexity index is 381. The molecule has 0 aliphatic rings. The van der Waals surface area contributed by atoms with Crippen molar-refractivity contribution in [1.82, 2.24) is 0 Å². The Morgan fingerprint density at radius 3 is 2.47 bits per heavy atom. The Kier molecular flexibility index (Phi) is 3.90. The lowest BCUT2D eigenvalue weighted by atomic mass is 10.1. The summed E-state index contributed by atoms with van der Waals surface area (Å²) in [4.78, 5) is 10.3. The molecule has 0 heterocycles. The van der Waals surface area contributed by atoms with Gasteiger partial charge in [-0.1, -0.05) is 15.9 Å². The fourth-order valence-corrected chi connectivity index (χ4v) is 1.77. The van der Waals surface area contributed by atoms with Gasteiger partial charge < -0.3 is 9.47 Å². The van der Waals surface area contributed by atoms with Gasteiger partial charge in [-0.2, -0.15) is 0 Å². The first-order valence-electron chi connectivity index (χ1n) is 4.09. The number of alkyl halides is 1. The largest absolute Gasteiger partial charge is 0.496 e. The summed E-state index contributed by atoms with van der Waals surface area (Å²) in [6.45, 7) is 0. The number of methoxy groups -OCH3 is 2. The van der Waals surface area contributed by atoms with Crippen molar-refractivity contribution in [3.05, 3.63) is 27.8 Å². The first-order valence-corrected chi connectivity index (χ1v) is 5.21. The van der Waals surface area contributed by atoms with Gasteiger partial charge in [0, 0.05) is 11.4 Å². The molecule has 82 valence electrons. The van der Waals surface area contributed by atoms with Crippen molar-refractivity contribution >= 4 is 21.6 Å². The van der Waals surface area contributed by atoms with Crippen LogP contribution in [0, 0.1) is 10.1 Å². The minimum atomic E-state index is -0.457.